The normalized spacial score (nSPS) is 18.4. The number of carboxylic acids is 1. The zero-order valence-electron chi connectivity index (χ0n) is 14.7. The molecule has 1 saturated heterocycles. The predicted molar refractivity (Wildman–Crippen MR) is 95.9 cm³/mol. The van der Waals surface area contributed by atoms with Crippen LogP contribution in [0.15, 0.2) is 18.2 Å². The number of aliphatic carboxylic acids is 1. The maximum absolute atomic E-state index is 12.5. The third-order valence-electron chi connectivity index (χ3n) is 4.40. The van der Waals surface area contributed by atoms with Gasteiger partial charge in [0.05, 0.1) is 6.04 Å². The lowest BCUT2D eigenvalue weighted by molar-refractivity contribution is -0.141. The molecule has 1 aliphatic rings. The third-order valence-corrected chi connectivity index (χ3v) is 4.64. The molecule has 0 spiro atoms. The van der Waals surface area contributed by atoms with Crippen molar-refractivity contribution in [3.05, 3.63) is 28.8 Å². The number of carbonyl (C=O) groups excluding carboxylic acids is 1. The summed E-state index contributed by atoms with van der Waals surface area (Å²) in [6, 6.07) is 4.97. The summed E-state index contributed by atoms with van der Waals surface area (Å²) in [5.41, 5.74) is 0.799. The fourth-order valence-electron chi connectivity index (χ4n) is 3.02. The van der Waals surface area contributed by atoms with Crippen molar-refractivity contribution < 1.29 is 19.4 Å². The fourth-order valence-corrected chi connectivity index (χ4v) is 3.21. The largest absolute Gasteiger partial charge is 0.482 e. The van der Waals surface area contributed by atoms with E-state index in [-0.39, 0.29) is 11.9 Å². The Bertz CT molecular complexity index is 623. The molecule has 0 aromatic heterocycles. The number of benzene rings is 1. The van der Waals surface area contributed by atoms with Crippen LogP contribution >= 0.6 is 11.6 Å². The van der Waals surface area contributed by atoms with E-state index in [9.17, 15) is 9.59 Å². The van der Waals surface area contributed by atoms with E-state index in [1.807, 2.05) is 7.05 Å². The highest BCUT2D eigenvalue weighted by molar-refractivity contribution is 6.30. The van der Waals surface area contributed by atoms with E-state index < -0.39 is 12.6 Å². The molecule has 1 atom stereocenters. The number of amides is 1. The molecule has 6 nitrogen and oxygen atoms in total. The quantitative estimate of drug-likeness (QED) is 0.763. The standard InChI is InChI=1S/C18H25ClN2O4/c1-3-4-5-15-18(24)20(2)8-9-21(15)11-13-10-14(19)6-7-16(13)25-12-17(22)23/h6-7,10,15H,3-5,8-9,11-12H2,1-2H3,(H,22,23). The maximum atomic E-state index is 12.5. The van der Waals surface area contributed by atoms with Crippen LogP contribution in [0.2, 0.25) is 5.02 Å². The van der Waals surface area contributed by atoms with Crippen molar-refractivity contribution in [1.29, 1.82) is 0 Å². The minimum atomic E-state index is -1.03. The van der Waals surface area contributed by atoms with Gasteiger partial charge in [0.1, 0.15) is 5.75 Å². The molecule has 1 amide bonds. The van der Waals surface area contributed by atoms with E-state index in [1.54, 1.807) is 23.1 Å². The summed E-state index contributed by atoms with van der Waals surface area (Å²) in [4.78, 5) is 27.2. The molecule has 1 unspecified atom stereocenters. The highest BCUT2D eigenvalue weighted by atomic mass is 35.5. The van der Waals surface area contributed by atoms with Crippen LogP contribution in [0.3, 0.4) is 0 Å². The van der Waals surface area contributed by atoms with Gasteiger partial charge in [-0.1, -0.05) is 31.4 Å². The van der Waals surface area contributed by atoms with Crippen LogP contribution in [-0.4, -0.2) is 59.6 Å². The second-order valence-corrected chi connectivity index (χ2v) is 6.76. The van der Waals surface area contributed by atoms with E-state index in [4.69, 9.17) is 21.4 Å². The lowest BCUT2D eigenvalue weighted by Gasteiger charge is -2.39. The van der Waals surface area contributed by atoms with Crippen molar-refractivity contribution in [3.63, 3.8) is 0 Å². The first-order valence-electron chi connectivity index (χ1n) is 8.54. The van der Waals surface area contributed by atoms with Crippen molar-refractivity contribution in [2.45, 2.75) is 38.8 Å². The average Bonchev–Trinajstić information content (AvgIpc) is 2.57. The minimum Gasteiger partial charge on any atom is -0.482 e. The van der Waals surface area contributed by atoms with Gasteiger partial charge in [-0.05, 0) is 24.6 Å². The van der Waals surface area contributed by atoms with Crippen molar-refractivity contribution in [2.75, 3.05) is 26.7 Å². The maximum Gasteiger partial charge on any atom is 0.341 e. The summed E-state index contributed by atoms with van der Waals surface area (Å²) < 4.78 is 5.38. The van der Waals surface area contributed by atoms with Crippen molar-refractivity contribution >= 4 is 23.5 Å². The van der Waals surface area contributed by atoms with Crippen LogP contribution in [0.25, 0.3) is 0 Å². The number of carbonyl (C=O) groups is 2. The molecule has 7 heteroatoms. The summed E-state index contributed by atoms with van der Waals surface area (Å²) in [7, 11) is 1.83. The van der Waals surface area contributed by atoms with Gasteiger partial charge in [-0.15, -0.1) is 0 Å². The van der Waals surface area contributed by atoms with Crippen molar-refractivity contribution in [1.82, 2.24) is 9.80 Å². The van der Waals surface area contributed by atoms with Gasteiger partial charge in [-0.25, -0.2) is 4.79 Å². The Balaban J connectivity index is 2.19. The zero-order chi connectivity index (χ0) is 18.4. The van der Waals surface area contributed by atoms with Crippen LogP contribution in [0.1, 0.15) is 31.7 Å². The molecule has 25 heavy (non-hydrogen) atoms. The molecule has 1 heterocycles. The summed E-state index contributed by atoms with van der Waals surface area (Å²) >= 11 is 6.10. The minimum absolute atomic E-state index is 0.134. The highest BCUT2D eigenvalue weighted by Crippen LogP contribution is 2.27. The summed E-state index contributed by atoms with van der Waals surface area (Å²) in [5, 5.41) is 9.39. The Hall–Kier alpha value is -1.79. The van der Waals surface area contributed by atoms with E-state index in [0.717, 1.165) is 31.4 Å². The third kappa shape index (κ3) is 5.34. The summed E-state index contributed by atoms with van der Waals surface area (Å²) in [6.07, 6.45) is 2.83. The van der Waals surface area contributed by atoms with E-state index in [1.165, 1.54) is 0 Å². The molecule has 0 saturated carbocycles. The molecular formula is C18H25ClN2O4. The van der Waals surface area contributed by atoms with E-state index in [2.05, 4.69) is 11.8 Å². The van der Waals surface area contributed by atoms with E-state index in [0.29, 0.717) is 23.9 Å². The smallest absolute Gasteiger partial charge is 0.341 e. The molecular weight excluding hydrogens is 344 g/mol. The van der Waals surface area contributed by atoms with Crippen LogP contribution in [0.4, 0.5) is 0 Å². The number of likely N-dealkylation sites (N-methyl/N-ethyl adjacent to an activating group) is 1. The topological polar surface area (TPSA) is 70.1 Å². The van der Waals surface area contributed by atoms with Crippen LogP contribution < -0.4 is 4.74 Å². The molecule has 1 aromatic rings. The number of rotatable bonds is 8. The van der Waals surface area contributed by atoms with Gasteiger partial charge in [0.15, 0.2) is 6.61 Å². The number of carboxylic acid groups (broad SMARTS) is 1. The lowest BCUT2D eigenvalue weighted by atomic mass is 10.0. The molecule has 1 aromatic carbocycles. The van der Waals surface area contributed by atoms with Crippen molar-refractivity contribution in [3.8, 4) is 5.75 Å². The number of hydrogen-bond donors (Lipinski definition) is 1. The number of halogens is 1. The second kappa shape index (κ2) is 9.06. The fraction of sp³-hybridized carbons (Fsp3) is 0.556. The van der Waals surface area contributed by atoms with E-state index >= 15 is 0 Å². The summed E-state index contributed by atoms with van der Waals surface area (Å²) in [6.45, 7) is 3.64. The van der Waals surface area contributed by atoms with Gasteiger partial charge >= 0.3 is 5.97 Å². The van der Waals surface area contributed by atoms with Gasteiger partial charge in [-0.3, -0.25) is 9.69 Å². The van der Waals surface area contributed by atoms with Gasteiger partial charge in [0.25, 0.3) is 0 Å². The number of nitrogens with zero attached hydrogens (tertiary/aromatic N) is 2. The Morgan fingerprint density at radius 1 is 1.40 bits per heavy atom. The lowest BCUT2D eigenvalue weighted by Crippen LogP contribution is -2.55. The molecule has 2 rings (SSSR count). The first-order chi connectivity index (χ1) is 11.9. The molecule has 0 bridgehead atoms. The van der Waals surface area contributed by atoms with Gasteiger partial charge in [0, 0.05) is 37.3 Å². The van der Waals surface area contributed by atoms with Crippen LogP contribution in [0, 0.1) is 0 Å². The molecule has 0 radical (unpaired) electrons. The molecule has 0 aliphatic carbocycles. The monoisotopic (exact) mass is 368 g/mol. The Kier molecular flexibility index (Phi) is 7.08. The average molecular weight is 369 g/mol. The first kappa shape index (κ1) is 19.5. The number of unbranched alkanes of at least 4 members (excludes halogenated alkanes) is 1. The van der Waals surface area contributed by atoms with Gasteiger partial charge in [0.2, 0.25) is 5.91 Å². The Morgan fingerprint density at radius 3 is 2.84 bits per heavy atom. The van der Waals surface area contributed by atoms with Crippen molar-refractivity contribution in [2.24, 2.45) is 0 Å². The highest BCUT2D eigenvalue weighted by Gasteiger charge is 2.32. The van der Waals surface area contributed by atoms with Crippen LogP contribution in [-0.2, 0) is 16.1 Å². The summed E-state index contributed by atoms with van der Waals surface area (Å²) in [5.74, 6) is -0.404. The number of piperazine rings is 1. The Morgan fingerprint density at radius 2 is 2.16 bits per heavy atom. The molecule has 1 fully saturated rings. The Labute approximate surface area is 153 Å². The first-order valence-corrected chi connectivity index (χ1v) is 8.92. The molecule has 1 aliphatic heterocycles. The van der Waals surface area contributed by atoms with Gasteiger partial charge in [-0.2, -0.15) is 0 Å². The predicted octanol–water partition coefficient (Wildman–Crippen LogP) is 2.64. The number of ether oxygens (including phenoxy) is 1. The molecule has 1 N–H and O–H groups in total. The van der Waals surface area contributed by atoms with Gasteiger partial charge < -0.3 is 14.7 Å². The number of hydrogen-bond acceptors (Lipinski definition) is 4. The zero-order valence-corrected chi connectivity index (χ0v) is 15.5. The second-order valence-electron chi connectivity index (χ2n) is 6.32. The van der Waals surface area contributed by atoms with Crippen LogP contribution in [0.5, 0.6) is 5.75 Å². The molecule has 138 valence electrons. The SMILES string of the molecule is CCCCC1C(=O)N(C)CCN1Cc1cc(Cl)ccc1OCC(=O)O.